The van der Waals surface area contributed by atoms with E-state index in [0.717, 1.165) is 24.6 Å². The van der Waals surface area contributed by atoms with E-state index in [1.54, 1.807) is 0 Å². The van der Waals surface area contributed by atoms with Crippen molar-refractivity contribution in [2.75, 3.05) is 12.4 Å². The first kappa shape index (κ1) is 12.9. The molecular formula is C12H18Br2O2. The van der Waals surface area contributed by atoms with Crippen LogP contribution in [0.15, 0.2) is 0 Å². The van der Waals surface area contributed by atoms with Crippen molar-refractivity contribution in [3.8, 4) is 0 Å². The highest BCUT2D eigenvalue weighted by Crippen LogP contribution is 2.72. The Balaban J connectivity index is 2.50. The van der Waals surface area contributed by atoms with E-state index in [0.29, 0.717) is 5.92 Å². The quantitative estimate of drug-likeness (QED) is 0.560. The second-order valence-electron chi connectivity index (χ2n) is 5.67. The maximum absolute atomic E-state index is 12.2. The molecule has 92 valence electrons. The first-order chi connectivity index (χ1) is 7.35. The minimum Gasteiger partial charge on any atom is -0.469 e. The zero-order valence-electron chi connectivity index (χ0n) is 9.98. The lowest BCUT2D eigenvalue weighted by Crippen LogP contribution is -2.55. The van der Waals surface area contributed by atoms with Gasteiger partial charge in [-0.3, -0.25) is 4.79 Å². The third-order valence-corrected chi connectivity index (χ3v) is 8.73. The van der Waals surface area contributed by atoms with Gasteiger partial charge < -0.3 is 4.74 Å². The first-order valence-corrected chi connectivity index (χ1v) is 7.60. The van der Waals surface area contributed by atoms with Crippen molar-refractivity contribution < 1.29 is 9.53 Å². The van der Waals surface area contributed by atoms with Crippen LogP contribution in [0.1, 0.15) is 33.1 Å². The molecule has 0 N–H and O–H groups in total. The molecule has 0 aromatic rings. The van der Waals surface area contributed by atoms with Crippen LogP contribution < -0.4 is 0 Å². The molecule has 2 rings (SSSR count). The smallest absolute Gasteiger partial charge is 0.313 e. The monoisotopic (exact) mass is 352 g/mol. The Labute approximate surface area is 114 Å². The Bertz CT molecular complexity index is 329. The fraction of sp³-hybridized carbons (Fsp3) is 0.917. The molecule has 4 heteroatoms. The molecule has 0 aliphatic heterocycles. The van der Waals surface area contributed by atoms with Crippen molar-refractivity contribution >= 4 is 37.8 Å². The third kappa shape index (κ3) is 1.21. The summed E-state index contributed by atoms with van der Waals surface area (Å²) in [5.74, 6) is 0.570. The van der Waals surface area contributed by atoms with E-state index in [-0.39, 0.29) is 21.1 Å². The van der Waals surface area contributed by atoms with Crippen LogP contribution in [0, 0.1) is 16.7 Å². The van der Waals surface area contributed by atoms with E-state index < -0.39 is 0 Å². The van der Waals surface area contributed by atoms with Crippen LogP contribution in [0.2, 0.25) is 0 Å². The van der Waals surface area contributed by atoms with Crippen molar-refractivity contribution in [3.63, 3.8) is 0 Å². The van der Waals surface area contributed by atoms with Crippen molar-refractivity contribution in [3.05, 3.63) is 0 Å². The van der Waals surface area contributed by atoms with Gasteiger partial charge in [0.15, 0.2) is 0 Å². The van der Waals surface area contributed by atoms with Gasteiger partial charge in [0.2, 0.25) is 0 Å². The van der Waals surface area contributed by atoms with Crippen molar-refractivity contribution in [2.24, 2.45) is 16.7 Å². The molecule has 0 radical (unpaired) electrons. The zero-order chi connectivity index (χ0) is 12.2. The van der Waals surface area contributed by atoms with Gasteiger partial charge in [0.05, 0.1) is 16.8 Å². The summed E-state index contributed by atoms with van der Waals surface area (Å²) < 4.78 is 4.88. The number of halogens is 2. The lowest BCUT2D eigenvalue weighted by Gasteiger charge is -2.49. The summed E-state index contributed by atoms with van der Waals surface area (Å²) in [6.45, 7) is 4.52. The van der Waals surface area contributed by atoms with Gasteiger partial charge in [-0.2, -0.15) is 0 Å². The van der Waals surface area contributed by atoms with Crippen LogP contribution in [-0.4, -0.2) is 22.7 Å². The Hall–Kier alpha value is 0.430. The van der Waals surface area contributed by atoms with E-state index in [1.807, 2.05) is 0 Å². The van der Waals surface area contributed by atoms with Crippen LogP contribution in [0.5, 0.6) is 0 Å². The van der Waals surface area contributed by atoms with Crippen LogP contribution in [0.3, 0.4) is 0 Å². The van der Waals surface area contributed by atoms with Gasteiger partial charge in [0, 0.05) is 5.33 Å². The summed E-state index contributed by atoms with van der Waals surface area (Å²) in [6.07, 6.45) is 3.05. The van der Waals surface area contributed by atoms with Crippen LogP contribution in [-0.2, 0) is 9.53 Å². The summed E-state index contributed by atoms with van der Waals surface area (Å²) in [6, 6.07) is 0. The lowest BCUT2D eigenvalue weighted by molar-refractivity contribution is -0.154. The Morgan fingerprint density at radius 3 is 2.62 bits per heavy atom. The second kappa shape index (κ2) is 3.71. The van der Waals surface area contributed by atoms with Crippen molar-refractivity contribution in [1.82, 2.24) is 0 Å². The standard InChI is InChI=1S/C12H18Br2O2/c1-10(2)8-4-5-11(6-8,9(15)16-3)12(10,14)7-13/h8H,4-7H2,1-3H3. The Kier molecular flexibility index (Phi) is 2.99. The van der Waals surface area contributed by atoms with Gasteiger partial charge in [-0.1, -0.05) is 45.7 Å². The fourth-order valence-electron chi connectivity index (χ4n) is 3.80. The topological polar surface area (TPSA) is 26.3 Å². The molecule has 0 amide bonds. The van der Waals surface area contributed by atoms with Gasteiger partial charge in [-0.05, 0) is 30.6 Å². The molecule has 0 spiro atoms. The summed E-state index contributed by atoms with van der Waals surface area (Å²) in [4.78, 5) is 12.2. The molecule has 16 heavy (non-hydrogen) atoms. The number of carbonyl (C=O) groups is 1. The Morgan fingerprint density at radius 2 is 2.12 bits per heavy atom. The summed E-state index contributed by atoms with van der Waals surface area (Å²) >= 11 is 7.46. The van der Waals surface area contributed by atoms with E-state index >= 15 is 0 Å². The van der Waals surface area contributed by atoms with Gasteiger partial charge >= 0.3 is 5.97 Å². The number of methoxy groups -OCH3 is 1. The van der Waals surface area contributed by atoms with Gasteiger partial charge in [0.1, 0.15) is 0 Å². The van der Waals surface area contributed by atoms with Crippen LogP contribution in [0.4, 0.5) is 0 Å². The van der Waals surface area contributed by atoms with E-state index in [4.69, 9.17) is 4.74 Å². The van der Waals surface area contributed by atoms with Gasteiger partial charge in [-0.15, -0.1) is 0 Å². The summed E-state index contributed by atoms with van der Waals surface area (Å²) in [7, 11) is 1.50. The molecule has 0 heterocycles. The molecule has 2 aliphatic carbocycles. The normalized spacial score (nSPS) is 44.7. The number of rotatable bonds is 2. The van der Waals surface area contributed by atoms with Crippen molar-refractivity contribution in [2.45, 2.75) is 37.4 Å². The van der Waals surface area contributed by atoms with E-state index in [2.05, 4.69) is 45.7 Å². The number of esters is 1. The molecule has 2 nitrogen and oxygen atoms in total. The predicted molar refractivity (Wildman–Crippen MR) is 71.0 cm³/mol. The SMILES string of the molecule is COC(=O)C12CCC(C1)C(C)(C)C2(Br)CBr. The number of carbonyl (C=O) groups excluding carboxylic acids is 1. The van der Waals surface area contributed by atoms with Crippen LogP contribution >= 0.6 is 31.9 Å². The number of hydrogen-bond acceptors (Lipinski definition) is 2. The zero-order valence-corrected chi connectivity index (χ0v) is 13.2. The lowest BCUT2D eigenvalue weighted by atomic mass is 9.64. The number of hydrogen-bond donors (Lipinski definition) is 0. The van der Waals surface area contributed by atoms with E-state index in [9.17, 15) is 4.79 Å². The summed E-state index contributed by atoms with van der Waals surface area (Å²) in [5.41, 5.74) is -0.206. The highest BCUT2D eigenvalue weighted by Gasteiger charge is 2.72. The van der Waals surface area contributed by atoms with Gasteiger partial charge in [-0.25, -0.2) is 0 Å². The maximum atomic E-state index is 12.2. The molecule has 2 bridgehead atoms. The molecule has 2 aliphatic rings. The fourth-order valence-corrected chi connectivity index (χ4v) is 5.91. The number of fused-ring (bicyclic) bond motifs is 2. The van der Waals surface area contributed by atoms with Gasteiger partial charge in [0.25, 0.3) is 0 Å². The molecule has 3 unspecified atom stereocenters. The molecule has 2 fully saturated rings. The number of ether oxygens (including phenoxy) is 1. The molecule has 0 saturated heterocycles. The molecule has 2 saturated carbocycles. The third-order valence-electron chi connectivity index (χ3n) is 5.08. The second-order valence-corrected chi connectivity index (χ2v) is 7.58. The average Bonchev–Trinajstić information content (AvgIpc) is 2.78. The molecule has 0 aromatic heterocycles. The van der Waals surface area contributed by atoms with Crippen molar-refractivity contribution in [1.29, 1.82) is 0 Å². The van der Waals surface area contributed by atoms with Crippen LogP contribution in [0.25, 0.3) is 0 Å². The minimum absolute atomic E-state index is 0.0445. The average molecular weight is 354 g/mol. The highest BCUT2D eigenvalue weighted by atomic mass is 79.9. The molecular weight excluding hydrogens is 336 g/mol. The first-order valence-electron chi connectivity index (χ1n) is 5.69. The maximum Gasteiger partial charge on any atom is 0.313 e. The number of alkyl halides is 2. The molecule has 0 aromatic carbocycles. The largest absolute Gasteiger partial charge is 0.469 e. The minimum atomic E-state index is -0.334. The Morgan fingerprint density at radius 1 is 1.50 bits per heavy atom. The summed E-state index contributed by atoms with van der Waals surface area (Å²) in [5, 5.41) is 0.790. The highest BCUT2D eigenvalue weighted by molar-refractivity contribution is 9.12. The predicted octanol–water partition coefficient (Wildman–Crippen LogP) is 3.51. The van der Waals surface area contributed by atoms with E-state index in [1.165, 1.54) is 7.11 Å². The molecule has 3 atom stereocenters.